The van der Waals surface area contributed by atoms with Crippen LogP contribution in [0.15, 0.2) is 23.1 Å². The van der Waals surface area contributed by atoms with E-state index in [1.54, 1.807) is 6.92 Å². The van der Waals surface area contributed by atoms with E-state index in [0.717, 1.165) is 16.0 Å². The highest BCUT2D eigenvalue weighted by Gasteiger charge is 2.34. The van der Waals surface area contributed by atoms with Crippen LogP contribution in [0.4, 0.5) is 13.2 Å². The molecule has 0 aliphatic rings. The number of rotatable bonds is 8. The number of alkyl halides is 3. The fourth-order valence-electron chi connectivity index (χ4n) is 2.03. The highest BCUT2D eigenvalue weighted by molar-refractivity contribution is 7.99. The van der Waals surface area contributed by atoms with Crippen molar-refractivity contribution in [2.45, 2.75) is 38.3 Å². The van der Waals surface area contributed by atoms with Gasteiger partial charge in [0, 0.05) is 17.1 Å². The Morgan fingerprint density at radius 3 is 2.44 bits per heavy atom. The van der Waals surface area contributed by atoms with Gasteiger partial charge in [-0.2, -0.15) is 13.2 Å². The van der Waals surface area contributed by atoms with Crippen molar-refractivity contribution in [3.63, 3.8) is 0 Å². The van der Waals surface area contributed by atoms with Gasteiger partial charge in [0.2, 0.25) is 5.91 Å². The summed E-state index contributed by atoms with van der Waals surface area (Å²) in [5, 5.41) is 0. The van der Waals surface area contributed by atoms with Gasteiger partial charge < -0.3 is 9.64 Å². The van der Waals surface area contributed by atoms with Crippen LogP contribution in [0.25, 0.3) is 0 Å². The second kappa shape index (κ2) is 9.70. The van der Waals surface area contributed by atoms with Crippen LogP contribution in [0.2, 0.25) is 0 Å². The smallest absolute Gasteiger partial charge is 0.406 e. The molecule has 0 heterocycles. The first kappa shape index (κ1) is 21.3. The lowest BCUT2D eigenvalue weighted by Crippen LogP contribution is -2.42. The number of carbonyl (C=O) groups is 2. The monoisotopic (exact) mass is 377 g/mol. The molecule has 0 radical (unpaired) electrons. The van der Waals surface area contributed by atoms with Gasteiger partial charge in [0.15, 0.2) is 0 Å². The molecule has 0 saturated carbocycles. The van der Waals surface area contributed by atoms with Gasteiger partial charge in [-0.1, -0.05) is 6.07 Å². The SMILES string of the molecule is CCOC(=O)CN(CC(F)(F)F)C(=O)CCSc1ccc(C)c(C)c1. The Morgan fingerprint density at radius 2 is 1.88 bits per heavy atom. The third-order valence-electron chi connectivity index (χ3n) is 3.41. The number of thioether (sulfide) groups is 1. The van der Waals surface area contributed by atoms with Crippen molar-refractivity contribution in [2.75, 3.05) is 25.4 Å². The highest BCUT2D eigenvalue weighted by atomic mass is 32.2. The number of hydrogen-bond donors (Lipinski definition) is 0. The molecule has 0 aliphatic heterocycles. The van der Waals surface area contributed by atoms with Gasteiger partial charge in [0.1, 0.15) is 13.1 Å². The Labute approximate surface area is 149 Å². The Hall–Kier alpha value is -1.70. The number of esters is 1. The van der Waals surface area contributed by atoms with Crippen molar-refractivity contribution in [3.05, 3.63) is 29.3 Å². The third kappa shape index (κ3) is 8.29. The first-order valence-electron chi connectivity index (χ1n) is 7.82. The molecule has 1 aromatic rings. The molecule has 0 fully saturated rings. The zero-order valence-electron chi connectivity index (χ0n) is 14.5. The van der Waals surface area contributed by atoms with E-state index < -0.39 is 31.1 Å². The van der Waals surface area contributed by atoms with Crippen molar-refractivity contribution in [3.8, 4) is 0 Å². The van der Waals surface area contributed by atoms with Gasteiger partial charge in [-0.25, -0.2) is 0 Å². The maximum absolute atomic E-state index is 12.6. The number of halogens is 3. The van der Waals surface area contributed by atoms with Crippen LogP contribution >= 0.6 is 11.8 Å². The normalized spacial score (nSPS) is 11.3. The van der Waals surface area contributed by atoms with Crippen molar-refractivity contribution in [1.29, 1.82) is 0 Å². The number of ether oxygens (including phenoxy) is 1. The zero-order chi connectivity index (χ0) is 19.0. The first-order chi connectivity index (χ1) is 11.6. The van der Waals surface area contributed by atoms with Crippen LogP contribution in [0.1, 0.15) is 24.5 Å². The van der Waals surface area contributed by atoms with E-state index in [9.17, 15) is 22.8 Å². The highest BCUT2D eigenvalue weighted by Crippen LogP contribution is 2.23. The molecule has 0 N–H and O–H groups in total. The quantitative estimate of drug-likeness (QED) is 0.511. The van der Waals surface area contributed by atoms with E-state index in [0.29, 0.717) is 10.7 Å². The molecule has 0 spiro atoms. The first-order valence-corrected chi connectivity index (χ1v) is 8.81. The maximum atomic E-state index is 12.6. The van der Waals surface area contributed by atoms with Crippen molar-refractivity contribution >= 4 is 23.6 Å². The summed E-state index contributed by atoms with van der Waals surface area (Å²) in [7, 11) is 0. The molecule has 1 rings (SSSR count). The molecule has 25 heavy (non-hydrogen) atoms. The molecule has 140 valence electrons. The average Bonchev–Trinajstić information content (AvgIpc) is 2.49. The number of hydrogen-bond acceptors (Lipinski definition) is 4. The summed E-state index contributed by atoms with van der Waals surface area (Å²) in [6.45, 7) is 3.40. The molecule has 8 heteroatoms. The van der Waals surface area contributed by atoms with Crippen LogP contribution in [0.3, 0.4) is 0 Å². The topological polar surface area (TPSA) is 46.6 Å². The van der Waals surface area contributed by atoms with Crippen molar-refractivity contribution < 1.29 is 27.5 Å². The second-order valence-corrected chi connectivity index (χ2v) is 6.68. The lowest BCUT2D eigenvalue weighted by Gasteiger charge is -2.23. The number of carbonyl (C=O) groups excluding carboxylic acids is 2. The summed E-state index contributed by atoms with van der Waals surface area (Å²) in [6, 6.07) is 5.83. The Bertz CT molecular complexity index is 605. The molecule has 0 unspecified atom stereocenters. The molecule has 0 aromatic heterocycles. The molecule has 0 saturated heterocycles. The van der Waals surface area contributed by atoms with E-state index in [4.69, 9.17) is 0 Å². The molecule has 0 aliphatic carbocycles. The Kier molecular flexibility index (Phi) is 8.28. The van der Waals surface area contributed by atoms with Gasteiger partial charge in [0.05, 0.1) is 6.61 Å². The van der Waals surface area contributed by atoms with E-state index >= 15 is 0 Å². The number of aryl methyl sites for hydroxylation is 2. The van der Waals surface area contributed by atoms with Gasteiger partial charge >= 0.3 is 12.1 Å². The van der Waals surface area contributed by atoms with E-state index in [-0.39, 0.29) is 13.0 Å². The summed E-state index contributed by atoms with van der Waals surface area (Å²) in [6.07, 6.45) is -4.66. The van der Waals surface area contributed by atoms with Crippen LogP contribution in [0.5, 0.6) is 0 Å². The molecular formula is C17H22F3NO3S. The van der Waals surface area contributed by atoms with Gasteiger partial charge in [-0.15, -0.1) is 11.8 Å². The number of nitrogens with zero attached hydrogens (tertiary/aromatic N) is 1. The maximum Gasteiger partial charge on any atom is 0.406 e. The number of benzene rings is 1. The zero-order valence-corrected chi connectivity index (χ0v) is 15.3. The van der Waals surface area contributed by atoms with Crippen LogP contribution in [-0.2, 0) is 14.3 Å². The van der Waals surface area contributed by atoms with Gasteiger partial charge in [0.25, 0.3) is 0 Å². The molecule has 0 bridgehead atoms. The summed E-state index contributed by atoms with van der Waals surface area (Å²) in [4.78, 5) is 24.9. The molecule has 0 atom stereocenters. The minimum atomic E-state index is -4.57. The lowest BCUT2D eigenvalue weighted by molar-refractivity contribution is -0.167. The predicted octanol–water partition coefficient (Wildman–Crippen LogP) is 3.74. The summed E-state index contributed by atoms with van der Waals surface area (Å²) < 4.78 is 42.5. The lowest BCUT2D eigenvalue weighted by atomic mass is 10.1. The third-order valence-corrected chi connectivity index (χ3v) is 4.41. The van der Waals surface area contributed by atoms with E-state index in [1.165, 1.54) is 11.8 Å². The molecular weight excluding hydrogens is 355 g/mol. The predicted molar refractivity (Wildman–Crippen MR) is 90.5 cm³/mol. The fourth-order valence-corrected chi connectivity index (χ4v) is 2.97. The molecule has 1 amide bonds. The van der Waals surface area contributed by atoms with Crippen LogP contribution in [0, 0.1) is 13.8 Å². The van der Waals surface area contributed by atoms with E-state index in [1.807, 2.05) is 32.0 Å². The molecule has 1 aromatic carbocycles. The van der Waals surface area contributed by atoms with Crippen molar-refractivity contribution in [1.82, 2.24) is 4.90 Å². The minimum Gasteiger partial charge on any atom is -0.465 e. The summed E-state index contributed by atoms with van der Waals surface area (Å²) in [5.41, 5.74) is 2.25. The van der Waals surface area contributed by atoms with Crippen molar-refractivity contribution in [2.24, 2.45) is 0 Å². The van der Waals surface area contributed by atoms with E-state index in [2.05, 4.69) is 4.74 Å². The fraction of sp³-hybridized carbons (Fsp3) is 0.529. The van der Waals surface area contributed by atoms with Crippen LogP contribution in [-0.4, -0.2) is 48.4 Å². The van der Waals surface area contributed by atoms with Gasteiger partial charge in [-0.3, -0.25) is 9.59 Å². The summed E-state index contributed by atoms with van der Waals surface area (Å²) in [5.74, 6) is -1.23. The summed E-state index contributed by atoms with van der Waals surface area (Å²) >= 11 is 1.39. The Balaban J connectivity index is 2.60. The average molecular weight is 377 g/mol. The molecule has 4 nitrogen and oxygen atoms in total. The Morgan fingerprint density at radius 1 is 1.20 bits per heavy atom. The minimum absolute atomic E-state index is 0.0511. The van der Waals surface area contributed by atoms with Crippen LogP contribution < -0.4 is 0 Å². The van der Waals surface area contributed by atoms with Gasteiger partial charge in [-0.05, 0) is 44.0 Å². The standard InChI is InChI=1S/C17H22F3NO3S/c1-4-24-16(23)10-21(11-17(18,19)20)15(22)7-8-25-14-6-5-12(2)13(3)9-14/h5-6,9H,4,7-8,10-11H2,1-3H3. The largest absolute Gasteiger partial charge is 0.465 e. The second-order valence-electron chi connectivity index (χ2n) is 5.51. The number of amides is 1.